The molecule has 3 N–H and O–H groups in total. The van der Waals surface area contributed by atoms with Crippen LogP contribution in [0.5, 0.6) is 0 Å². The Kier molecular flexibility index (Phi) is 5.96. The number of halogens is 1. The van der Waals surface area contributed by atoms with Gasteiger partial charge in [-0.05, 0) is 30.5 Å². The predicted molar refractivity (Wildman–Crippen MR) is 81.6 cm³/mol. The Morgan fingerprint density at radius 2 is 2.16 bits per heavy atom. The van der Waals surface area contributed by atoms with Crippen LogP contribution >= 0.6 is 11.6 Å². The van der Waals surface area contributed by atoms with Crippen LogP contribution in [0.25, 0.3) is 0 Å². The minimum atomic E-state index is -0.0116. The number of anilines is 2. The van der Waals surface area contributed by atoms with Crippen molar-refractivity contribution in [3.05, 3.63) is 23.2 Å². The summed E-state index contributed by atoms with van der Waals surface area (Å²) in [4.78, 5) is 13.6. The van der Waals surface area contributed by atoms with E-state index in [1.165, 1.54) is 0 Å². The van der Waals surface area contributed by atoms with Crippen molar-refractivity contribution in [3.8, 4) is 0 Å². The first kappa shape index (κ1) is 15.6. The quantitative estimate of drug-likeness (QED) is 0.789. The summed E-state index contributed by atoms with van der Waals surface area (Å²) in [7, 11) is 1.82. The average molecular weight is 284 g/mol. The Bertz CT molecular complexity index is 435. The molecule has 0 heterocycles. The summed E-state index contributed by atoms with van der Waals surface area (Å²) >= 11 is 5.93. The molecule has 0 aliphatic carbocycles. The number of carbonyl (C=O) groups excluding carboxylic acids is 1. The molecule has 0 saturated heterocycles. The minimum Gasteiger partial charge on any atom is -0.397 e. The highest BCUT2D eigenvalue weighted by atomic mass is 35.5. The molecule has 5 heteroatoms. The van der Waals surface area contributed by atoms with Crippen molar-refractivity contribution < 1.29 is 4.79 Å². The molecular formula is C14H22ClN3O. The standard InChI is InChI=1S/C14H22ClN3O/c1-10(2)6-7-17-14(19)9-18(3)13-8-11(15)4-5-12(13)16/h4-5,8,10H,6-7,9,16H2,1-3H3,(H,17,19). The summed E-state index contributed by atoms with van der Waals surface area (Å²) < 4.78 is 0. The summed E-state index contributed by atoms with van der Waals surface area (Å²) in [5.41, 5.74) is 7.26. The van der Waals surface area contributed by atoms with Crippen molar-refractivity contribution in [3.63, 3.8) is 0 Å². The first-order valence-corrected chi connectivity index (χ1v) is 6.80. The smallest absolute Gasteiger partial charge is 0.239 e. The number of rotatable bonds is 6. The molecule has 1 rings (SSSR count). The fourth-order valence-corrected chi connectivity index (χ4v) is 1.87. The van der Waals surface area contributed by atoms with E-state index in [9.17, 15) is 4.79 Å². The lowest BCUT2D eigenvalue weighted by Gasteiger charge is -2.21. The Labute approximate surface area is 119 Å². The van der Waals surface area contributed by atoms with E-state index in [0.29, 0.717) is 23.2 Å². The van der Waals surface area contributed by atoms with Gasteiger partial charge in [0.2, 0.25) is 5.91 Å². The van der Waals surface area contributed by atoms with Crippen LogP contribution in [-0.2, 0) is 4.79 Å². The van der Waals surface area contributed by atoms with Crippen LogP contribution in [0, 0.1) is 5.92 Å². The van der Waals surface area contributed by atoms with E-state index in [2.05, 4.69) is 19.2 Å². The third-order valence-corrected chi connectivity index (χ3v) is 3.06. The Morgan fingerprint density at radius 1 is 1.47 bits per heavy atom. The predicted octanol–water partition coefficient (Wildman–Crippen LogP) is 2.52. The summed E-state index contributed by atoms with van der Waals surface area (Å²) in [5.74, 6) is 0.573. The van der Waals surface area contributed by atoms with Gasteiger partial charge in [0, 0.05) is 18.6 Å². The number of hydrogen-bond acceptors (Lipinski definition) is 3. The molecule has 4 nitrogen and oxygen atoms in total. The Morgan fingerprint density at radius 3 is 2.79 bits per heavy atom. The van der Waals surface area contributed by atoms with Crippen LogP contribution in [0.4, 0.5) is 11.4 Å². The molecule has 0 radical (unpaired) electrons. The topological polar surface area (TPSA) is 58.4 Å². The molecule has 0 aliphatic heterocycles. The number of nitrogen functional groups attached to an aromatic ring is 1. The van der Waals surface area contributed by atoms with Gasteiger partial charge in [0.15, 0.2) is 0 Å². The molecule has 0 atom stereocenters. The van der Waals surface area contributed by atoms with Crippen LogP contribution in [0.2, 0.25) is 5.02 Å². The molecule has 0 fully saturated rings. The number of likely N-dealkylation sites (N-methyl/N-ethyl adjacent to an activating group) is 1. The summed E-state index contributed by atoms with van der Waals surface area (Å²) in [6, 6.07) is 5.24. The van der Waals surface area contributed by atoms with Crippen molar-refractivity contribution in [1.82, 2.24) is 5.32 Å². The van der Waals surface area contributed by atoms with Crippen LogP contribution < -0.4 is 16.0 Å². The average Bonchev–Trinajstić information content (AvgIpc) is 2.31. The molecule has 0 spiro atoms. The Hall–Kier alpha value is -1.42. The van der Waals surface area contributed by atoms with Crippen molar-refractivity contribution in [2.75, 3.05) is 30.8 Å². The SMILES string of the molecule is CC(C)CCNC(=O)CN(C)c1cc(Cl)ccc1N. The van der Waals surface area contributed by atoms with E-state index in [4.69, 9.17) is 17.3 Å². The number of carbonyl (C=O) groups is 1. The van der Waals surface area contributed by atoms with Gasteiger partial charge in [-0.15, -0.1) is 0 Å². The highest BCUT2D eigenvalue weighted by molar-refractivity contribution is 6.31. The molecule has 1 aromatic carbocycles. The normalized spacial score (nSPS) is 10.6. The first-order chi connectivity index (χ1) is 8.90. The molecule has 0 aromatic heterocycles. The second-order valence-electron chi connectivity index (χ2n) is 5.09. The number of hydrogen-bond donors (Lipinski definition) is 2. The molecule has 106 valence electrons. The molecule has 0 aliphatic rings. The fraction of sp³-hybridized carbons (Fsp3) is 0.500. The van der Waals surface area contributed by atoms with E-state index in [-0.39, 0.29) is 12.5 Å². The summed E-state index contributed by atoms with van der Waals surface area (Å²) in [5, 5.41) is 3.50. The van der Waals surface area contributed by atoms with Crippen molar-refractivity contribution in [1.29, 1.82) is 0 Å². The van der Waals surface area contributed by atoms with Gasteiger partial charge in [-0.3, -0.25) is 4.79 Å². The maximum Gasteiger partial charge on any atom is 0.239 e. The Balaban J connectivity index is 2.52. The van der Waals surface area contributed by atoms with Crippen LogP contribution in [0.3, 0.4) is 0 Å². The minimum absolute atomic E-state index is 0.0116. The first-order valence-electron chi connectivity index (χ1n) is 6.43. The van der Waals surface area contributed by atoms with Gasteiger partial charge in [0.05, 0.1) is 17.9 Å². The van der Waals surface area contributed by atoms with Crippen LogP contribution in [0.15, 0.2) is 18.2 Å². The van der Waals surface area contributed by atoms with E-state index in [0.717, 1.165) is 12.1 Å². The number of nitrogens with zero attached hydrogens (tertiary/aromatic N) is 1. The second kappa shape index (κ2) is 7.24. The zero-order chi connectivity index (χ0) is 14.4. The zero-order valence-electron chi connectivity index (χ0n) is 11.7. The summed E-state index contributed by atoms with van der Waals surface area (Å²) in [6.07, 6.45) is 0.981. The van der Waals surface area contributed by atoms with Gasteiger partial charge in [0.25, 0.3) is 0 Å². The molecule has 0 unspecified atom stereocenters. The zero-order valence-corrected chi connectivity index (χ0v) is 12.5. The van der Waals surface area contributed by atoms with Gasteiger partial charge in [-0.1, -0.05) is 25.4 Å². The van der Waals surface area contributed by atoms with Gasteiger partial charge in [0.1, 0.15) is 0 Å². The highest BCUT2D eigenvalue weighted by Crippen LogP contribution is 2.25. The van der Waals surface area contributed by atoms with Crippen LogP contribution in [0.1, 0.15) is 20.3 Å². The number of benzene rings is 1. The van der Waals surface area contributed by atoms with E-state index >= 15 is 0 Å². The number of nitrogens with two attached hydrogens (primary N) is 1. The molecular weight excluding hydrogens is 262 g/mol. The third-order valence-electron chi connectivity index (χ3n) is 2.83. The summed E-state index contributed by atoms with van der Waals surface area (Å²) in [6.45, 7) is 5.23. The van der Waals surface area contributed by atoms with Crippen molar-refractivity contribution >= 4 is 28.9 Å². The van der Waals surface area contributed by atoms with Crippen molar-refractivity contribution in [2.24, 2.45) is 5.92 Å². The largest absolute Gasteiger partial charge is 0.397 e. The molecule has 0 bridgehead atoms. The van der Waals surface area contributed by atoms with Gasteiger partial charge < -0.3 is 16.0 Å². The number of nitrogens with one attached hydrogen (secondary N) is 1. The molecule has 19 heavy (non-hydrogen) atoms. The third kappa shape index (κ3) is 5.39. The maximum atomic E-state index is 11.8. The monoisotopic (exact) mass is 283 g/mol. The molecule has 0 saturated carbocycles. The number of amides is 1. The van der Waals surface area contributed by atoms with Crippen LogP contribution in [-0.4, -0.2) is 26.0 Å². The lowest BCUT2D eigenvalue weighted by atomic mass is 10.1. The molecule has 1 aromatic rings. The second-order valence-corrected chi connectivity index (χ2v) is 5.53. The van der Waals surface area contributed by atoms with E-state index in [1.54, 1.807) is 23.1 Å². The molecule has 1 amide bonds. The van der Waals surface area contributed by atoms with Gasteiger partial charge in [-0.2, -0.15) is 0 Å². The highest BCUT2D eigenvalue weighted by Gasteiger charge is 2.10. The lowest BCUT2D eigenvalue weighted by molar-refractivity contribution is -0.119. The maximum absolute atomic E-state index is 11.8. The van der Waals surface area contributed by atoms with Crippen molar-refractivity contribution in [2.45, 2.75) is 20.3 Å². The van der Waals surface area contributed by atoms with Gasteiger partial charge >= 0.3 is 0 Å². The van der Waals surface area contributed by atoms with E-state index in [1.807, 2.05) is 7.05 Å². The lowest BCUT2D eigenvalue weighted by Crippen LogP contribution is -2.36. The van der Waals surface area contributed by atoms with Gasteiger partial charge in [-0.25, -0.2) is 0 Å². The fourth-order valence-electron chi connectivity index (χ4n) is 1.70. The van der Waals surface area contributed by atoms with E-state index < -0.39 is 0 Å².